The van der Waals surface area contributed by atoms with Gasteiger partial charge in [-0.1, -0.05) is 12.2 Å². The molecule has 86 valence electrons. The average Bonchev–Trinajstić information content (AvgIpc) is 2.24. The summed E-state index contributed by atoms with van der Waals surface area (Å²) in [5.74, 6) is 0.946. The van der Waals surface area contributed by atoms with Crippen LogP contribution in [-0.2, 0) is 0 Å². The Hall–Kier alpha value is -1.25. The maximum atomic E-state index is 4.40. The summed E-state index contributed by atoms with van der Waals surface area (Å²) in [5, 5.41) is 3.25. The lowest BCUT2D eigenvalue weighted by atomic mass is 10.3. The second-order valence-electron chi connectivity index (χ2n) is 3.34. The summed E-state index contributed by atoms with van der Waals surface area (Å²) in [6.45, 7) is 12.0. The highest BCUT2D eigenvalue weighted by Crippen LogP contribution is 1.94. The van der Waals surface area contributed by atoms with Gasteiger partial charge in [-0.05, 0) is 19.8 Å². The first-order chi connectivity index (χ1) is 7.26. The quantitative estimate of drug-likeness (QED) is 0.301. The zero-order chi connectivity index (χ0) is 11.5. The molecule has 0 bridgehead atoms. The zero-order valence-electron chi connectivity index (χ0n) is 10.00. The van der Waals surface area contributed by atoms with Crippen LogP contribution >= 0.6 is 0 Å². The molecule has 0 aromatic rings. The number of hydrogen-bond acceptors (Lipinski definition) is 1. The normalized spacial score (nSPS) is 10.9. The summed E-state index contributed by atoms with van der Waals surface area (Å²) in [4.78, 5) is 6.53. The minimum Gasteiger partial charge on any atom is -0.357 e. The number of nitrogens with one attached hydrogen (secondary N) is 1. The van der Waals surface area contributed by atoms with Crippen LogP contribution < -0.4 is 5.32 Å². The highest BCUT2D eigenvalue weighted by molar-refractivity contribution is 5.79. The van der Waals surface area contributed by atoms with Crippen molar-refractivity contribution in [3.05, 3.63) is 25.3 Å². The van der Waals surface area contributed by atoms with E-state index in [0.717, 1.165) is 31.9 Å². The van der Waals surface area contributed by atoms with Gasteiger partial charge in [-0.3, -0.25) is 0 Å². The van der Waals surface area contributed by atoms with Gasteiger partial charge in [0.25, 0.3) is 0 Å². The minimum absolute atomic E-state index is 0.661. The third kappa shape index (κ3) is 6.77. The lowest BCUT2D eigenvalue weighted by Crippen LogP contribution is -2.39. The molecule has 0 aromatic heterocycles. The number of allylic oxidation sites excluding steroid dienone is 1. The summed E-state index contributed by atoms with van der Waals surface area (Å²) in [5.41, 5.74) is 0. The van der Waals surface area contributed by atoms with Crippen molar-refractivity contribution in [3.8, 4) is 0 Å². The van der Waals surface area contributed by atoms with E-state index in [1.807, 2.05) is 13.1 Å². The fourth-order valence-corrected chi connectivity index (χ4v) is 1.20. The average molecular weight is 209 g/mol. The predicted molar refractivity (Wildman–Crippen MR) is 68.2 cm³/mol. The summed E-state index contributed by atoms with van der Waals surface area (Å²) >= 11 is 0. The Morgan fingerprint density at radius 2 is 2.13 bits per heavy atom. The van der Waals surface area contributed by atoms with E-state index in [4.69, 9.17) is 0 Å². The zero-order valence-corrected chi connectivity index (χ0v) is 10.00. The lowest BCUT2D eigenvalue weighted by molar-refractivity contribution is 0.471. The van der Waals surface area contributed by atoms with E-state index < -0.39 is 0 Å². The molecule has 0 fully saturated rings. The number of nitrogens with zero attached hydrogens (tertiary/aromatic N) is 2. The first-order valence-electron chi connectivity index (χ1n) is 5.47. The van der Waals surface area contributed by atoms with Crippen LogP contribution in [0.15, 0.2) is 30.3 Å². The van der Waals surface area contributed by atoms with E-state index in [2.05, 4.69) is 35.3 Å². The van der Waals surface area contributed by atoms with E-state index in [1.54, 1.807) is 6.08 Å². The van der Waals surface area contributed by atoms with Crippen LogP contribution in [0.1, 0.15) is 19.8 Å². The second kappa shape index (κ2) is 9.31. The van der Waals surface area contributed by atoms with Crippen molar-refractivity contribution in [2.75, 3.05) is 26.7 Å². The maximum Gasteiger partial charge on any atom is 0.193 e. The van der Waals surface area contributed by atoms with Crippen LogP contribution in [0.5, 0.6) is 0 Å². The van der Waals surface area contributed by atoms with E-state index in [9.17, 15) is 0 Å². The molecule has 0 aliphatic carbocycles. The number of aliphatic imine (C=N–C) groups is 1. The van der Waals surface area contributed by atoms with Crippen molar-refractivity contribution in [2.45, 2.75) is 19.8 Å². The van der Waals surface area contributed by atoms with Crippen molar-refractivity contribution in [3.63, 3.8) is 0 Å². The minimum atomic E-state index is 0.661. The number of rotatable bonds is 7. The molecule has 0 unspecified atom stereocenters. The van der Waals surface area contributed by atoms with E-state index >= 15 is 0 Å². The van der Waals surface area contributed by atoms with Crippen molar-refractivity contribution >= 4 is 5.96 Å². The van der Waals surface area contributed by atoms with Gasteiger partial charge in [0.15, 0.2) is 5.96 Å². The first kappa shape index (κ1) is 13.8. The Morgan fingerprint density at radius 1 is 1.40 bits per heavy atom. The van der Waals surface area contributed by atoms with Gasteiger partial charge in [0.2, 0.25) is 0 Å². The molecule has 3 nitrogen and oxygen atoms in total. The molecule has 3 heteroatoms. The summed E-state index contributed by atoms with van der Waals surface area (Å²) in [6, 6.07) is 0. The molecular formula is C12H23N3. The Labute approximate surface area is 93.6 Å². The fraction of sp³-hybridized carbons (Fsp3) is 0.583. The molecule has 0 radical (unpaired) electrons. The lowest BCUT2D eigenvalue weighted by Gasteiger charge is -2.21. The molecule has 0 amide bonds. The molecule has 1 N–H and O–H groups in total. The van der Waals surface area contributed by atoms with Crippen molar-refractivity contribution in [1.82, 2.24) is 10.2 Å². The summed E-state index contributed by atoms with van der Waals surface area (Å²) < 4.78 is 0. The molecule has 0 aromatic carbocycles. The van der Waals surface area contributed by atoms with Crippen molar-refractivity contribution in [2.24, 2.45) is 4.99 Å². The highest BCUT2D eigenvalue weighted by atomic mass is 15.3. The molecule has 0 atom stereocenters. The van der Waals surface area contributed by atoms with Gasteiger partial charge < -0.3 is 10.2 Å². The number of hydrogen-bond donors (Lipinski definition) is 1. The fourth-order valence-electron chi connectivity index (χ4n) is 1.20. The van der Waals surface area contributed by atoms with Gasteiger partial charge in [-0.2, -0.15) is 0 Å². The molecule has 0 aliphatic heterocycles. The molecule has 0 saturated carbocycles. The van der Waals surface area contributed by atoms with E-state index in [0.29, 0.717) is 6.54 Å². The molecule has 15 heavy (non-hydrogen) atoms. The van der Waals surface area contributed by atoms with Crippen LogP contribution in [-0.4, -0.2) is 37.5 Å². The van der Waals surface area contributed by atoms with Gasteiger partial charge >= 0.3 is 0 Å². The SMILES string of the molecule is C=CCCCN(C)C(=NCC=C)NCC. The van der Waals surface area contributed by atoms with Gasteiger partial charge in [-0.15, -0.1) is 13.2 Å². The third-order valence-corrected chi connectivity index (χ3v) is 1.97. The molecule has 0 aliphatic rings. The molecule has 0 rings (SSSR count). The van der Waals surface area contributed by atoms with Crippen molar-refractivity contribution < 1.29 is 0 Å². The Bertz CT molecular complexity index is 209. The Kier molecular flexibility index (Phi) is 8.53. The van der Waals surface area contributed by atoms with Crippen LogP contribution in [0.25, 0.3) is 0 Å². The van der Waals surface area contributed by atoms with Gasteiger partial charge in [-0.25, -0.2) is 4.99 Å². The highest BCUT2D eigenvalue weighted by Gasteiger charge is 2.03. The molecule has 0 spiro atoms. The molecule has 0 heterocycles. The van der Waals surface area contributed by atoms with E-state index in [-0.39, 0.29) is 0 Å². The standard InChI is InChI=1S/C12H23N3/c1-5-8-9-11-15(4)12(13-7-3)14-10-6-2/h5-6H,1-2,7-11H2,3-4H3,(H,13,14). The Morgan fingerprint density at radius 3 is 2.67 bits per heavy atom. The second-order valence-corrected chi connectivity index (χ2v) is 3.34. The number of unbranched alkanes of at least 4 members (excludes halogenated alkanes) is 1. The molecule has 0 saturated heterocycles. The topological polar surface area (TPSA) is 27.6 Å². The monoisotopic (exact) mass is 209 g/mol. The van der Waals surface area contributed by atoms with Crippen LogP contribution in [0.4, 0.5) is 0 Å². The summed E-state index contributed by atoms with van der Waals surface area (Å²) in [6.07, 6.45) is 5.90. The largest absolute Gasteiger partial charge is 0.357 e. The van der Waals surface area contributed by atoms with Crippen LogP contribution in [0, 0.1) is 0 Å². The first-order valence-corrected chi connectivity index (χ1v) is 5.47. The summed E-state index contributed by atoms with van der Waals surface area (Å²) in [7, 11) is 2.05. The van der Waals surface area contributed by atoms with Gasteiger partial charge in [0.05, 0.1) is 6.54 Å². The predicted octanol–water partition coefficient (Wildman–Crippen LogP) is 2.04. The van der Waals surface area contributed by atoms with Gasteiger partial charge in [0.1, 0.15) is 0 Å². The van der Waals surface area contributed by atoms with Gasteiger partial charge in [0, 0.05) is 20.1 Å². The van der Waals surface area contributed by atoms with Crippen molar-refractivity contribution in [1.29, 1.82) is 0 Å². The smallest absolute Gasteiger partial charge is 0.193 e. The third-order valence-electron chi connectivity index (χ3n) is 1.97. The van der Waals surface area contributed by atoms with Crippen LogP contribution in [0.3, 0.4) is 0 Å². The van der Waals surface area contributed by atoms with Crippen LogP contribution in [0.2, 0.25) is 0 Å². The van der Waals surface area contributed by atoms with E-state index in [1.165, 1.54) is 0 Å². The Balaban J connectivity index is 4.08. The molecular weight excluding hydrogens is 186 g/mol. The number of guanidine groups is 1. The maximum absolute atomic E-state index is 4.40.